The van der Waals surface area contributed by atoms with Crippen LogP contribution in [0.1, 0.15) is 18.4 Å². The van der Waals surface area contributed by atoms with Gasteiger partial charge >= 0.3 is 0 Å². The summed E-state index contributed by atoms with van der Waals surface area (Å²) < 4.78 is 25.7. The Labute approximate surface area is 119 Å². The van der Waals surface area contributed by atoms with Gasteiger partial charge in [-0.3, -0.25) is 9.78 Å². The van der Waals surface area contributed by atoms with E-state index in [4.69, 9.17) is 0 Å². The highest BCUT2D eigenvalue weighted by Crippen LogP contribution is 2.13. The van der Waals surface area contributed by atoms with E-state index in [1.54, 1.807) is 12.4 Å². The van der Waals surface area contributed by atoms with E-state index in [1.165, 1.54) is 9.21 Å². The van der Waals surface area contributed by atoms with Crippen molar-refractivity contribution in [3.8, 4) is 0 Å². The topological polar surface area (TPSA) is 70.6 Å². The normalized spacial score (nSPS) is 16.2. The standard InChI is InChI=1S/C13H19N3O3S/c17-12-15(11-13-3-5-14-6-4-13)9-10-20(18,19)16-7-1-2-8-16/h3-6,12H,1-2,7-11H2. The van der Waals surface area contributed by atoms with Gasteiger partial charge in [0.05, 0.1) is 5.75 Å². The molecule has 0 spiro atoms. The minimum Gasteiger partial charge on any atom is -0.340 e. The molecule has 0 unspecified atom stereocenters. The highest BCUT2D eigenvalue weighted by atomic mass is 32.2. The smallest absolute Gasteiger partial charge is 0.215 e. The van der Waals surface area contributed by atoms with Crippen molar-refractivity contribution >= 4 is 16.4 Å². The molecule has 1 fully saturated rings. The second-order valence-corrected chi connectivity index (χ2v) is 6.94. The Morgan fingerprint density at radius 2 is 1.90 bits per heavy atom. The molecule has 2 rings (SSSR count). The number of amides is 1. The Balaban J connectivity index is 1.89. The minimum atomic E-state index is -3.24. The Morgan fingerprint density at radius 1 is 1.25 bits per heavy atom. The van der Waals surface area contributed by atoms with E-state index in [1.807, 2.05) is 12.1 Å². The van der Waals surface area contributed by atoms with Crippen molar-refractivity contribution in [2.45, 2.75) is 19.4 Å². The summed E-state index contributed by atoms with van der Waals surface area (Å²) in [4.78, 5) is 16.4. The summed E-state index contributed by atoms with van der Waals surface area (Å²) in [7, 11) is -3.24. The average Bonchev–Trinajstić information content (AvgIpc) is 2.99. The van der Waals surface area contributed by atoms with Gasteiger partial charge in [-0.15, -0.1) is 0 Å². The molecule has 7 heteroatoms. The first-order valence-electron chi connectivity index (χ1n) is 6.68. The Kier molecular flexibility index (Phi) is 5.08. The molecule has 1 aliphatic heterocycles. The summed E-state index contributed by atoms with van der Waals surface area (Å²) >= 11 is 0. The number of rotatable bonds is 7. The number of hydrogen-bond acceptors (Lipinski definition) is 4. The van der Waals surface area contributed by atoms with E-state index in [9.17, 15) is 13.2 Å². The van der Waals surface area contributed by atoms with Crippen LogP contribution in [0.5, 0.6) is 0 Å². The van der Waals surface area contributed by atoms with Crippen LogP contribution in [0.2, 0.25) is 0 Å². The molecule has 0 bridgehead atoms. The third-order valence-corrected chi connectivity index (χ3v) is 5.23. The van der Waals surface area contributed by atoms with Gasteiger partial charge in [-0.2, -0.15) is 0 Å². The zero-order valence-electron chi connectivity index (χ0n) is 11.3. The zero-order chi connectivity index (χ0) is 14.4. The van der Waals surface area contributed by atoms with E-state index in [2.05, 4.69) is 4.98 Å². The number of pyridine rings is 1. The van der Waals surface area contributed by atoms with Gasteiger partial charge in [-0.05, 0) is 30.5 Å². The molecule has 6 nitrogen and oxygen atoms in total. The van der Waals surface area contributed by atoms with E-state index in [-0.39, 0.29) is 12.3 Å². The predicted molar refractivity (Wildman–Crippen MR) is 75.3 cm³/mol. The minimum absolute atomic E-state index is 0.0170. The fourth-order valence-electron chi connectivity index (χ4n) is 2.22. The lowest BCUT2D eigenvalue weighted by Crippen LogP contribution is -2.35. The van der Waals surface area contributed by atoms with Crippen LogP contribution in [-0.4, -0.2) is 54.4 Å². The summed E-state index contributed by atoms with van der Waals surface area (Å²) in [5.74, 6) is -0.0170. The van der Waals surface area contributed by atoms with Crippen molar-refractivity contribution in [2.24, 2.45) is 0 Å². The summed E-state index contributed by atoms with van der Waals surface area (Å²) in [6.07, 6.45) is 5.85. The fraction of sp³-hybridized carbons (Fsp3) is 0.538. The quantitative estimate of drug-likeness (QED) is 0.686. The molecule has 1 aromatic heterocycles. The van der Waals surface area contributed by atoms with Gasteiger partial charge in [0.25, 0.3) is 0 Å². The van der Waals surface area contributed by atoms with E-state index in [0.717, 1.165) is 18.4 Å². The lowest BCUT2D eigenvalue weighted by atomic mass is 10.2. The summed E-state index contributed by atoms with van der Waals surface area (Å²) in [6.45, 7) is 1.83. The molecule has 1 aromatic rings. The van der Waals surface area contributed by atoms with Crippen molar-refractivity contribution in [3.63, 3.8) is 0 Å². The van der Waals surface area contributed by atoms with Crippen LogP contribution in [0.25, 0.3) is 0 Å². The Bertz CT molecular complexity index is 527. The van der Waals surface area contributed by atoms with Crippen molar-refractivity contribution in [1.82, 2.24) is 14.2 Å². The van der Waals surface area contributed by atoms with Gasteiger partial charge < -0.3 is 4.90 Å². The molecular formula is C13H19N3O3S. The summed E-state index contributed by atoms with van der Waals surface area (Å²) in [5, 5.41) is 0. The van der Waals surface area contributed by atoms with Crippen LogP contribution in [0.4, 0.5) is 0 Å². The van der Waals surface area contributed by atoms with Crippen molar-refractivity contribution in [3.05, 3.63) is 30.1 Å². The van der Waals surface area contributed by atoms with Gasteiger partial charge in [0, 0.05) is 38.6 Å². The first-order chi connectivity index (χ1) is 9.62. The SMILES string of the molecule is O=CN(CCS(=O)(=O)N1CCCC1)Cc1ccncc1. The summed E-state index contributed by atoms with van der Waals surface area (Å²) in [5.41, 5.74) is 0.936. The van der Waals surface area contributed by atoms with Crippen molar-refractivity contribution in [1.29, 1.82) is 0 Å². The van der Waals surface area contributed by atoms with Gasteiger partial charge in [0.2, 0.25) is 16.4 Å². The van der Waals surface area contributed by atoms with Crippen molar-refractivity contribution < 1.29 is 13.2 Å². The van der Waals surface area contributed by atoms with Gasteiger partial charge in [-0.25, -0.2) is 12.7 Å². The molecule has 0 atom stereocenters. The molecule has 1 aliphatic rings. The van der Waals surface area contributed by atoms with E-state index >= 15 is 0 Å². The largest absolute Gasteiger partial charge is 0.340 e. The molecule has 20 heavy (non-hydrogen) atoms. The summed E-state index contributed by atoms with van der Waals surface area (Å²) in [6, 6.07) is 3.62. The van der Waals surface area contributed by atoms with Crippen LogP contribution >= 0.6 is 0 Å². The van der Waals surface area contributed by atoms with E-state index in [0.29, 0.717) is 26.0 Å². The number of aromatic nitrogens is 1. The van der Waals surface area contributed by atoms with Crippen LogP contribution in [0, 0.1) is 0 Å². The Morgan fingerprint density at radius 3 is 2.50 bits per heavy atom. The van der Waals surface area contributed by atoms with Gasteiger partial charge in [0.15, 0.2) is 0 Å². The molecule has 0 radical (unpaired) electrons. The van der Waals surface area contributed by atoms with E-state index < -0.39 is 10.0 Å². The monoisotopic (exact) mass is 297 g/mol. The second kappa shape index (κ2) is 6.81. The molecule has 0 aromatic carbocycles. The first kappa shape index (κ1) is 14.9. The fourth-order valence-corrected chi connectivity index (χ4v) is 3.76. The van der Waals surface area contributed by atoms with Crippen LogP contribution in [0.3, 0.4) is 0 Å². The third-order valence-electron chi connectivity index (χ3n) is 3.38. The predicted octanol–water partition coefficient (Wildman–Crippen LogP) is 0.466. The van der Waals surface area contributed by atoms with Crippen LogP contribution < -0.4 is 0 Å². The van der Waals surface area contributed by atoms with Crippen molar-refractivity contribution in [2.75, 3.05) is 25.4 Å². The molecule has 1 amide bonds. The molecule has 1 saturated heterocycles. The number of carbonyl (C=O) groups excluding carboxylic acids is 1. The highest BCUT2D eigenvalue weighted by molar-refractivity contribution is 7.89. The molecular weight excluding hydrogens is 278 g/mol. The lowest BCUT2D eigenvalue weighted by Gasteiger charge is -2.20. The maximum Gasteiger partial charge on any atom is 0.215 e. The molecule has 0 aliphatic carbocycles. The van der Waals surface area contributed by atoms with Gasteiger partial charge in [0.1, 0.15) is 0 Å². The first-order valence-corrected chi connectivity index (χ1v) is 8.29. The second-order valence-electron chi connectivity index (χ2n) is 4.85. The van der Waals surface area contributed by atoms with Crippen LogP contribution in [-0.2, 0) is 21.4 Å². The maximum atomic E-state index is 12.1. The van der Waals surface area contributed by atoms with Gasteiger partial charge in [-0.1, -0.05) is 0 Å². The molecule has 110 valence electrons. The highest BCUT2D eigenvalue weighted by Gasteiger charge is 2.25. The number of sulfonamides is 1. The number of nitrogens with zero attached hydrogens (tertiary/aromatic N) is 3. The Hall–Kier alpha value is -1.47. The maximum absolute atomic E-state index is 12.1. The number of hydrogen-bond donors (Lipinski definition) is 0. The number of carbonyl (C=O) groups is 1. The molecule has 0 saturated carbocycles. The molecule has 2 heterocycles. The molecule has 0 N–H and O–H groups in total. The zero-order valence-corrected chi connectivity index (χ0v) is 12.1. The van der Waals surface area contributed by atoms with Crippen LogP contribution in [0.15, 0.2) is 24.5 Å². The lowest BCUT2D eigenvalue weighted by molar-refractivity contribution is -0.118. The third kappa shape index (κ3) is 4.01. The average molecular weight is 297 g/mol.